The van der Waals surface area contributed by atoms with Gasteiger partial charge in [0.25, 0.3) is 11.8 Å². The van der Waals surface area contributed by atoms with Crippen molar-refractivity contribution in [3.05, 3.63) is 41.2 Å². The lowest BCUT2D eigenvalue weighted by Gasteiger charge is -2.32. The van der Waals surface area contributed by atoms with Gasteiger partial charge >= 0.3 is 0 Å². The molecule has 0 bridgehead atoms. The van der Waals surface area contributed by atoms with Gasteiger partial charge in [-0.15, -0.1) is 0 Å². The number of piperidine rings is 1. The quantitative estimate of drug-likeness (QED) is 0.811. The molecule has 0 N–H and O–H groups in total. The van der Waals surface area contributed by atoms with Crippen LogP contribution in [-0.4, -0.2) is 29.8 Å². The molecule has 2 nitrogen and oxygen atoms in total. The van der Waals surface area contributed by atoms with Gasteiger partial charge in [0.2, 0.25) is 0 Å². The molecule has 1 heterocycles. The molecule has 0 radical (unpaired) electrons. The van der Waals surface area contributed by atoms with Crippen molar-refractivity contribution in [2.24, 2.45) is 0 Å². The Hall–Kier alpha value is -1.78. The Morgan fingerprint density at radius 3 is 2.50 bits per heavy atom. The summed E-state index contributed by atoms with van der Waals surface area (Å²) >= 11 is 0. The van der Waals surface area contributed by atoms with E-state index in [0.717, 1.165) is 6.07 Å². The first-order valence-electron chi connectivity index (χ1n) is 6.44. The third kappa shape index (κ3) is 2.86. The molecule has 0 spiro atoms. The van der Waals surface area contributed by atoms with Crippen molar-refractivity contribution in [2.75, 3.05) is 13.1 Å². The van der Waals surface area contributed by atoms with Gasteiger partial charge in [-0.1, -0.05) is 12.7 Å². The van der Waals surface area contributed by atoms with E-state index in [1.807, 2.05) is 0 Å². The Kier molecular flexibility index (Phi) is 3.88. The first kappa shape index (κ1) is 14.6. The van der Waals surface area contributed by atoms with E-state index in [-0.39, 0.29) is 31.5 Å². The van der Waals surface area contributed by atoms with Gasteiger partial charge in [-0.25, -0.2) is 13.2 Å². The Morgan fingerprint density at radius 1 is 1.35 bits per heavy atom. The summed E-state index contributed by atoms with van der Waals surface area (Å²) in [5.74, 6) is -3.63. The van der Waals surface area contributed by atoms with E-state index in [4.69, 9.17) is 0 Å². The SMILES string of the molecule is C=Cc1cc(C)c(C(=O)N2CCC(F)(F)CC2)cc1F. The Balaban J connectivity index is 2.22. The molecule has 1 aromatic rings. The number of rotatable bonds is 2. The normalized spacial score (nSPS) is 17.9. The standard InChI is InChI=1S/C15H16F3NO/c1-3-11-8-10(2)12(9-13(11)16)14(20)19-6-4-15(17,18)5-7-19/h3,8-9H,1,4-7H2,2H3. The number of carbonyl (C=O) groups excluding carboxylic acids is 1. The second-order valence-electron chi connectivity index (χ2n) is 5.04. The maximum Gasteiger partial charge on any atom is 0.254 e. The maximum atomic E-state index is 13.7. The highest BCUT2D eigenvalue weighted by Gasteiger charge is 2.36. The van der Waals surface area contributed by atoms with Gasteiger partial charge in [0.1, 0.15) is 5.82 Å². The minimum Gasteiger partial charge on any atom is -0.338 e. The Morgan fingerprint density at radius 2 is 1.95 bits per heavy atom. The fraction of sp³-hybridized carbons (Fsp3) is 0.400. The summed E-state index contributed by atoms with van der Waals surface area (Å²) in [6.07, 6.45) is 0.689. The Labute approximate surface area is 115 Å². The number of aryl methyl sites for hydroxylation is 1. The van der Waals surface area contributed by atoms with Crippen LogP contribution < -0.4 is 0 Å². The molecule has 20 heavy (non-hydrogen) atoms. The molecule has 5 heteroatoms. The molecule has 108 valence electrons. The highest BCUT2D eigenvalue weighted by Crippen LogP contribution is 2.29. The van der Waals surface area contributed by atoms with Crippen LogP contribution >= 0.6 is 0 Å². The van der Waals surface area contributed by atoms with E-state index >= 15 is 0 Å². The van der Waals surface area contributed by atoms with Gasteiger partial charge in [0, 0.05) is 37.1 Å². The highest BCUT2D eigenvalue weighted by molar-refractivity contribution is 5.96. The first-order chi connectivity index (χ1) is 9.34. The van der Waals surface area contributed by atoms with Crippen LogP contribution in [0.2, 0.25) is 0 Å². The lowest BCUT2D eigenvalue weighted by molar-refractivity contribution is -0.0494. The summed E-state index contributed by atoms with van der Waals surface area (Å²) in [5.41, 5.74) is 1.16. The van der Waals surface area contributed by atoms with Gasteiger partial charge in [0.15, 0.2) is 0 Å². The highest BCUT2D eigenvalue weighted by atomic mass is 19.3. The Bertz CT molecular complexity index is 544. The summed E-state index contributed by atoms with van der Waals surface area (Å²) in [5, 5.41) is 0. The molecule has 0 aromatic heterocycles. The lowest BCUT2D eigenvalue weighted by Crippen LogP contribution is -2.42. The summed E-state index contributed by atoms with van der Waals surface area (Å²) in [6.45, 7) is 5.18. The van der Waals surface area contributed by atoms with Crippen molar-refractivity contribution < 1.29 is 18.0 Å². The van der Waals surface area contributed by atoms with Crippen LogP contribution in [0.3, 0.4) is 0 Å². The molecule has 1 fully saturated rings. The minimum atomic E-state index is -2.70. The lowest BCUT2D eigenvalue weighted by atomic mass is 10.0. The van der Waals surface area contributed by atoms with Crippen molar-refractivity contribution in [3.8, 4) is 0 Å². The third-order valence-corrected chi connectivity index (χ3v) is 3.58. The van der Waals surface area contributed by atoms with Crippen LogP contribution in [0.1, 0.15) is 34.3 Å². The van der Waals surface area contributed by atoms with Crippen LogP contribution in [0.25, 0.3) is 6.08 Å². The number of hydrogen-bond acceptors (Lipinski definition) is 1. The maximum absolute atomic E-state index is 13.7. The van der Waals surface area contributed by atoms with E-state index in [9.17, 15) is 18.0 Å². The molecule has 0 saturated carbocycles. The zero-order chi connectivity index (χ0) is 14.9. The number of carbonyl (C=O) groups is 1. The van der Waals surface area contributed by atoms with Gasteiger partial charge in [-0.05, 0) is 24.6 Å². The fourth-order valence-corrected chi connectivity index (χ4v) is 2.30. The minimum absolute atomic E-state index is 0.00387. The second kappa shape index (κ2) is 5.31. The monoisotopic (exact) mass is 283 g/mol. The number of halogens is 3. The van der Waals surface area contributed by atoms with Crippen molar-refractivity contribution in [3.63, 3.8) is 0 Å². The number of benzene rings is 1. The van der Waals surface area contributed by atoms with Crippen LogP contribution in [-0.2, 0) is 0 Å². The molecule has 0 aliphatic carbocycles. The summed E-state index contributed by atoms with van der Waals surface area (Å²) in [7, 11) is 0. The van der Waals surface area contributed by atoms with Crippen LogP contribution in [0, 0.1) is 12.7 Å². The molecule has 1 amide bonds. The average Bonchev–Trinajstić information content (AvgIpc) is 2.40. The number of amides is 1. The largest absolute Gasteiger partial charge is 0.338 e. The summed E-state index contributed by atoms with van der Waals surface area (Å²) in [6, 6.07) is 2.69. The van der Waals surface area contributed by atoms with Crippen LogP contribution in [0.15, 0.2) is 18.7 Å². The zero-order valence-electron chi connectivity index (χ0n) is 11.3. The topological polar surface area (TPSA) is 20.3 Å². The average molecular weight is 283 g/mol. The van der Waals surface area contributed by atoms with E-state index in [2.05, 4.69) is 6.58 Å². The van der Waals surface area contributed by atoms with E-state index in [1.54, 1.807) is 6.92 Å². The van der Waals surface area contributed by atoms with Crippen molar-refractivity contribution >= 4 is 12.0 Å². The van der Waals surface area contributed by atoms with Gasteiger partial charge in [-0.2, -0.15) is 0 Å². The fourth-order valence-electron chi connectivity index (χ4n) is 2.30. The molecule has 0 atom stereocenters. The summed E-state index contributed by atoms with van der Waals surface area (Å²) < 4.78 is 39.9. The molecule has 0 unspecified atom stereocenters. The number of alkyl halides is 2. The number of nitrogens with zero attached hydrogens (tertiary/aromatic N) is 1. The molecular formula is C15H16F3NO. The smallest absolute Gasteiger partial charge is 0.254 e. The molecule has 2 rings (SSSR count). The van der Waals surface area contributed by atoms with E-state index in [1.165, 1.54) is 17.0 Å². The molecule has 1 aliphatic rings. The van der Waals surface area contributed by atoms with E-state index < -0.39 is 17.6 Å². The van der Waals surface area contributed by atoms with Gasteiger partial charge in [0.05, 0.1) is 0 Å². The third-order valence-electron chi connectivity index (χ3n) is 3.58. The predicted molar refractivity (Wildman–Crippen MR) is 71.3 cm³/mol. The molecule has 1 aliphatic heterocycles. The number of likely N-dealkylation sites (tertiary alicyclic amines) is 1. The van der Waals surface area contributed by atoms with Crippen LogP contribution in [0.5, 0.6) is 0 Å². The van der Waals surface area contributed by atoms with Crippen LogP contribution in [0.4, 0.5) is 13.2 Å². The van der Waals surface area contributed by atoms with E-state index in [0.29, 0.717) is 11.1 Å². The molecular weight excluding hydrogens is 267 g/mol. The van der Waals surface area contributed by atoms with Gasteiger partial charge < -0.3 is 4.90 Å². The van der Waals surface area contributed by atoms with Crippen molar-refractivity contribution in [1.82, 2.24) is 4.90 Å². The first-order valence-corrected chi connectivity index (χ1v) is 6.44. The second-order valence-corrected chi connectivity index (χ2v) is 5.04. The molecule has 1 aromatic carbocycles. The van der Waals surface area contributed by atoms with Crippen molar-refractivity contribution in [2.45, 2.75) is 25.7 Å². The molecule has 1 saturated heterocycles. The summed E-state index contributed by atoms with van der Waals surface area (Å²) in [4.78, 5) is 13.6. The predicted octanol–water partition coefficient (Wildman–Crippen LogP) is 3.65. The van der Waals surface area contributed by atoms with Gasteiger partial charge in [-0.3, -0.25) is 4.79 Å². The van der Waals surface area contributed by atoms with Crippen molar-refractivity contribution in [1.29, 1.82) is 0 Å². The number of hydrogen-bond donors (Lipinski definition) is 0. The zero-order valence-corrected chi connectivity index (χ0v) is 11.3.